The minimum atomic E-state index is -1.03. The number of hydrogen-bond donors (Lipinski definition) is 3. The summed E-state index contributed by atoms with van der Waals surface area (Å²) in [5.41, 5.74) is 6.61. The molecule has 1 fully saturated rings. The maximum atomic E-state index is 10.2. The van der Waals surface area contributed by atoms with Gasteiger partial charge in [0, 0.05) is 0 Å². The van der Waals surface area contributed by atoms with Crippen LogP contribution in [0.1, 0.15) is 6.23 Å². The van der Waals surface area contributed by atoms with Gasteiger partial charge in [-0.1, -0.05) is 5.92 Å². The van der Waals surface area contributed by atoms with E-state index in [0.29, 0.717) is 11.2 Å². The summed E-state index contributed by atoms with van der Waals surface area (Å²) in [6.07, 6.45) is 4.66. The van der Waals surface area contributed by atoms with E-state index in [4.69, 9.17) is 21.6 Å². The van der Waals surface area contributed by atoms with E-state index in [-0.39, 0.29) is 19.0 Å². The van der Waals surface area contributed by atoms with E-state index in [1.807, 2.05) is 0 Å². The van der Waals surface area contributed by atoms with Gasteiger partial charge in [-0.15, -0.1) is 6.42 Å². The topological polar surface area (TPSA) is 129 Å². The van der Waals surface area contributed by atoms with Gasteiger partial charge in [-0.25, -0.2) is 15.0 Å². The first kappa shape index (κ1) is 14.7. The lowest BCUT2D eigenvalue weighted by atomic mass is 10.1. The molecule has 9 heteroatoms. The van der Waals surface area contributed by atoms with Crippen LogP contribution in [0.25, 0.3) is 11.2 Å². The largest absolute Gasteiger partial charge is 0.394 e. The summed E-state index contributed by atoms with van der Waals surface area (Å²) in [5.74, 6) is 2.58. The van der Waals surface area contributed by atoms with Gasteiger partial charge in [-0.2, -0.15) is 0 Å². The van der Waals surface area contributed by atoms with Gasteiger partial charge in [0.25, 0.3) is 0 Å². The van der Waals surface area contributed by atoms with Gasteiger partial charge in [0.2, 0.25) is 0 Å². The molecule has 22 heavy (non-hydrogen) atoms. The summed E-state index contributed by atoms with van der Waals surface area (Å²) in [5, 5.41) is 19.5. The van der Waals surface area contributed by atoms with Gasteiger partial charge < -0.3 is 25.4 Å². The number of aromatic nitrogens is 4. The van der Waals surface area contributed by atoms with E-state index >= 15 is 0 Å². The lowest BCUT2D eigenvalue weighted by Crippen LogP contribution is -2.35. The molecule has 9 nitrogen and oxygen atoms in total. The van der Waals surface area contributed by atoms with Crippen molar-refractivity contribution < 1.29 is 19.7 Å². The number of nitrogens with zero attached hydrogens (tertiary/aromatic N) is 4. The fraction of sp³-hybridized carbons (Fsp3) is 0.462. The van der Waals surface area contributed by atoms with Crippen LogP contribution in [0.2, 0.25) is 0 Å². The number of fused-ring (bicyclic) bond motifs is 1. The second-order valence-electron chi connectivity index (χ2n) is 4.80. The van der Waals surface area contributed by atoms with E-state index in [2.05, 4.69) is 20.9 Å². The van der Waals surface area contributed by atoms with Crippen molar-refractivity contribution in [3.8, 4) is 12.3 Å². The molecule has 3 heterocycles. The van der Waals surface area contributed by atoms with Crippen LogP contribution in [-0.2, 0) is 9.47 Å². The Kier molecular flexibility index (Phi) is 3.91. The first-order valence-corrected chi connectivity index (χ1v) is 6.59. The van der Waals surface area contributed by atoms with Gasteiger partial charge in [-0.3, -0.25) is 4.57 Å². The molecule has 0 amide bonds. The third kappa shape index (κ3) is 2.28. The molecule has 0 aliphatic carbocycles. The zero-order valence-electron chi connectivity index (χ0n) is 11.5. The minimum Gasteiger partial charge on any atom is -0.394 e. The number of anilines is 1. The number of terminal acetylenes is 1. The smallest absolute Gasteiger partial charge is 0.167 e. The summed E-state index contributed by atoms with van der Waals surface area (Å²) >= 11 is 0. The number of nitrogen functional groups attached to an aromatic ring is 1. The average molecular weight is 305 g/mol. The highest BCUT2D eigenvalue weighted by molar-refractivity contribution is 5.81. The van der Waals surface area contributed by atoms with Crippen LogP contribution in [0.3, 0.4) is 0 Å². The number of aliphatic hydroxyl groups is 2. The third-order valence-electron chi connectivity index (χ3n) is 3.51. The van der Waals surface area contributed by atoms with Crippen molar-refractivity contribution in [1.82, 2.24) is 19.5 Å². The maximum absolute atomic E-state index is 10.2. The van der Waals surface area contributed by atoms with Crippen LogP contribution in [-0.4, -0.2) is 61.3 Å². The van der Waals surface area contributed by atoms with Gasteiger partial charge in [-0.05, 0) is 0 Å². The molecular weight excluding hydrogens is 290 g/mol. The summed E-state index contributed by atoms with van der Waals surface area (Å²) in [7, 11) is 0. The molecule has 0 spiro atoms. The first-order valence-electron chi connectivity index (χ1n) is 6.59. The van der Waals surface area contributed by atoms with Crippen molar-refractivity contribution in [3.05, 3.63) is 12.7 Å². The molecule has 2 aromatic rings. The molecule has 0 radical (unpaired) electrons. The maximum Gasteiger partial charge on any atom is 0.167 e. The van der Waals surface area contributed by atoms with Gasteiger partial charge in [0.15, 0.2) is 17.7 Å². The van der Waals surface area contributed by atoms with Gasteiger partial charge in [0.1, 0.15) is 36.8 Å². The van der Waals surface area contributed by atoms with Gasteiger partial charge >= 0.3 is 0 Å². The van der Waals surface area contributed by atoms with Crippen LogP contribution in [0.4, 0.5) is 5.82 Å². The molecule has 2 aromatic heterocycles. The highest BCUT2D eigenvalue weighted by atomic mass is 16.6. The summed E-state index contributed by atoms with van der Waals surface area (Å²) in [6.45, 7) is -0.346. The average Bonchev–Trinajstić information content (AvgIpc) is 3.07. The Morgan fingerprint density at radius 1 is 1.45 bits per heavy atom. The van der Waals surface area contributed by atoms with E-state index in [9.17, 15) is 10.2 Å². The Bertz CT molecular complexity index is 712. The van der Waals surface area contributed by atoms with Gasteiger partial charge in [0.05, 0.1) is 12.9 Å². The normalized spacial score (nSPS) is 28.0. The number of nitrogens with two attached hydrogens (primary N) is 1. The Morgan fingerprint density at radius 3 is 3.00 bits per heavy atom. The van der Waals surface area contributed by atoms with E-state index in [1.165, 1.54) is 12.7 Å². The summed E-state index contributed by atoms with van der Waals surface area (Å²) in [6, 6.07) is 0. The second kappa shape index (κ2) is 5.86. The lowest BCUT2D eigenvalue weighted by molar-refractivity contribution is -0.0636. The fourth-order valence-corrected chi connectivity index (χ4v) is 2.47. The molecule has 0 aromatic carbocycles. The number of aliphatic hydroxyl groups excluding tert-OH is 2. The number of imidazole rings is 1. The lowest BCUT2D eigenvalue weighted by Gasteiger charge is -2.20. The van der Waals surface area contributed by atoms with E-state index in [1.54, 1.807) is 4.57 Å². The molecule has 1 aliphatic heterocycles. The summed E-state index contributed by atoms with van der Waals surface area (Å²) in [4.78, 5) is 12.1. The van der Waals surface area contributed by atoms with E-state index < -0.39 is 24.5 Å². The molecule has 0 saturated carbocycles. The highest BCUT2D eigenvalue weighted by Gasteiger charge is 2.45. The zero-order valence-corrected chi connectivity index (χ0v) is 11.5. The first-order chi connectivity index (χ1) is 10.7. The van der Waals surface area contributed by atoms with Crippen LogP contribution in [0, 0.1) is 12.3 Å². The predicted molar refractivity (Wildman–Crippen MR) is 75.3 cm³/mol. The Balaban J connectivity index is 2.00. The quantitative estimate of drug-likeness (QED) is 0.593. The van der Waals surface area contributed by atoms with Crippen molar-refractivity contribution in [2.75, 3.05) is 18.9 Å². The SMILES string of the molecule is C#CCOC1C(O)[C@@H](CO)OC1n1cnc2c(N)ncnc21. The highest BCUT2D eigenvalue weighted by Crippen LogP contribution is 2.33. The number of hydrogen-bond acceptors (Lipinski definition) is 8. The van der Waals surface area contributed by atoms with Crippen LogP contribution < -0.4 is 5.73 Å². The molecule has 3 unspecified atom stereocenters. The molecular formula is C13H15N5O4. The molecule has 0 bridgehead atoms. The minimum absolute atomic E-state index is 0.00346. The Labute approximate surface area is 125 Å². The Hall–Kier alpha value is -2.25. The molecule has 116 valence electrons. The monoisotopic (exact) mass is 305 g/mol. The van der Waals surface area contributed by atoms with Crippen molar-refractivity contribution in [1.29, 1.82) is 0 Å². The molecule has 1 saturated heterocycles. The van der Waals surface area contributed by atoms with Crippen LogP contribution in [0.5, 0.6) is 0 Å². The Morgan fingerprint density at radius 2 is 2.27 bits per heavy atom. The standard InChI is InChI=1S/C13H15N5O4/c1-2-3-21-10-9(20)7(4-19)22-13(10)18-6-17-8-11(14)15-5-16-12(8)18/h1,5-7,9-10,13,19-20H,3-4H2,(H2,14,15,16)/t7-,9?,10?,13?/m1/s1. The molecule has 3 rings (SSSR count). The van der Waals surface area contributed by atoms with Crippen LogP contribution in [0.15, 0.2) is 12.7 Å². The zero-order chi connectivity index (χ0) is 15.7. The fourth-order valence-electron chi connectivity index (χ4n) is 2.47. The third-order valence-corrected chi connectivity index (χ3v) is 3.51. The number of rotatable bonds is 4. The summed E-state index contributed by atoms with van der Waals surface area (Å²) < 4.78 is 12.7. The second-order valence-corrected chi connectivity index (χ2v) is 4.80. The van der Waals surface area contributed by atoms with Crippen molar-refractivity contribution in [2.45, 2.75) is 24.5 Å². The number of ether oxygens (including phenoxy) is 2. The predicted octanol–water partition coefficient (Wildman–Crippen LogP) is -1.32. The van der Waals surface area contributed by atoms with Crippen molar-refractivity contribution >= 4 is 17.0 Å². The molecule has 4 atom stereocenters. The van der Waals surface area contributed by atoms with Crippen molar-refractivity contribution in [2.24, 2.45) is 0 Å². The molecule has 4 N–H and O–H groups in total. The molecule has 1 aliphatic rings. The van der Waals surface area contributed by atoms with Crippen LogP contribution >= 0.6 is 0 Å². The van der Waals surface area contributed by atoms with Crippen molar-refractivity contribution in [3.63, 3.8) is 0 Å². The van der Waals surface area contributed by atoms with E-state index in [0.717, 1.165) is 0 Å².